The molecule has 30 heavy (non-hydrogen) atoms. The number of para-hydroxylation sites is 1. The fourth-order valence-electron chi connectivity index (χ4n) is 5.81. The third kappa shape index (κ3) is 4.24. The molecule has 4 aliphatic rings. The van der Waals surface area contributed by atoms with E-state index in [4.69, 9.17) is 9.47 Å². The molecule has 164 valence electrons. The van der Waals surface area contributed by atoms with Crippen molar-refractivity contribution in [3.8, 4) is 5.75 Å². The molecule has 2 heterocycles. The van der Waals surface area contributed by atoms with Crippen LogP contribution in [-0.4, -0.2) is 66.2 Å². The standard InChI is InChI=1S/C25H36N2O3/c28-24(19-29-22-7-3-1-4-8-22)26-15-11-21(12-16-26)27-17-23(30-18-20-9-10-20)25(27)13-5-2-6-14-25/h1,3-4,7-8,20-21,23H,2,5-6,9-19H2. The lowest BCUT2D eigenvalue weighted by molar-refractivity contribution is -0.203. The van der Waals surface area contributed by atoms with Crippen LogP contribution in [0.5, 0.6) is 5.75 Å². The first-order chi connectivity index (χ1) is 14.7. The van der Waals surface area contributed by atoms with E-state index in [0.29, 0.717) is 17.7 Å². The summed E-state index contributed by atoms with van der Waals surface area (Å²) in [5.74, 6) is 1.71. The highest BCUT2D eigenvalue weighted by atomic mass is 16.5. The van der Waals surface area contributed by atoms with E-state index in [2.05, 4.69) is 4.90 Å². The van der Waals surface area contributed by atoms with Crippen LogP contribution in [0.1, 0.15) is 57.8 Å². The second-order valence-corrected chi connectivity index (χ2v) is 9.80. The van der Waals surface area contributed by atoms with Gasteiger partial charge in [-0.05, 0) is 56.6 Å². The summed E-state index contributed by atoms with van der Waals surface area (Å²) in [5, 5.41) is 0. The molecule has 2 saturated carbocycles. The van der Waals surface area contributed by atoms with Crippen LogP contribution in [0.2, 0.25) is 0 Å². The molecule has 1 aromatic carbocycles. The molecule has 4 fully saturated rings. The molecule has 2 saturated heterocycles. The minimum Gasteiger partial charge on any atom is -0.484 e. The van der Waals surface area contributed by atoms with E-state index in [9.17, 15) is 4.79 Å². The number of likely N-dealkylation sites (tertiary alicyclic amines) is 2. The molecule has 0 bridgehead atoms. The van der Waals surface area contributed by atoms with Crippen LogP contribution in [0.3, 0.4) is 0 Å². The van der Waals surface area contributed by atoms with Gasteiger partial charge >= 0.3 is 0 Å². The van der Waals surface area contributed by atoms with E-state index in [-0.39, 0.29) is 12.5 Å². The largest absolute Gasteiger partial charge is 0.484 e. The Kier molecular flexibility index (Phi) is 6.01. The number of benzene rings is 1. The summed E-state index contributed by atoms with van der Waals surface area (Å²) >= 11 is 0. The van der Waals surface area contributed by atoms with Gasteiger partial charge in [-0.3, -0.25) is 9.69 Å². The second kappa shape index (κ2) is 8.88. The predicted octanol–water partition coefficient (Wildman–Crippen LogP) is 3.87. The molecule has 5 heteroatoms. The van der Waals surface area contributed by atoms with Gasteiger partial charge in [-0.25, -0.2) is 0 Å². The summed E-state index contributed by atoms with van der Waals surface area (Å²) in [6.45, 7) is 3.92. The minimum absolute atomic E-state index is 0.110. The fraction of sp³-hybridized carbons (Fsp3) is 0.720. The molecule has 5 rings (SSSR count). The lowest BCUT2D eigenvalue weighted by atomic mass is 9.69. The Morgan fingerprint density at radius 3 is 2.43 bits per heavy atom. The van der Waals surface area contributed by atoms with Crippen molar-refractivity contribution >= 4 is 5.91 Å². The van der Waals surface area contributed by atoms with Gasteiger partial charge in [0, 0.05) is 37.8 Å². The number of ether oxygens (including phenoxy) is 2. The van der Waals surface area contributed by atoms with Crippen LogP contribution in [0.25, 0.3) is 0 Å². The number of piperidine rings is 1. The molecule has 0 N–H and O–H groups in total. The van der Waals surface area contributed by atoms with Gasteiger partial charge in [-0.1, -0.05) is 37.5 Å². The maximum atomic E-state index is 12.6. The number of hydrogen-bond acceptors (Lipinski definition) is 4. The Hall–Kier alpha value is -1.59. The van der Waals surface area contributed by atoms with E-state index in [1.54, 1.807) is 0 Å². The monoisotopic (exact) mass is 412 g/mol. The van der Waals surface area contributed by atoms with E-state index in [1.807, 2.05) is 35.2 Å². The SMILES string of the molecule is O=C(COc1ccccc1)N1CCC(N2CC(OCC3CC3)C23CCCCC3)CC1. The first kappa shape index (κ1) is 20.3. The molecule has 1 atom stereocenters. The molecule has 0 aromatic heterocycles. The highest BCUT2D eigenvalue weighted by molar-refractivity contribution is 5.77. The third-order valence-electron chi connectivity index (χ3n) is 7.85. The number of nitrogens with zero attached hydrogens (tertiary/aromatic N) is 2. The maximum Gasteiger partial charge on any atom is 0.260 e. The van der Waals surface area contributed by atoms with Gasteiger partial charge in [0.25, 0.3) is 5.91 Å². The van der Waals surface area contributed by atoms with Crippen molar-refractivity contribution < 1.29 is 14.3 Å². The highest BCUT2D eigenvalue weighted by Crippen LogP contribution is 2.48. The summed E-state index contributed by atoms with van der Waals surface area (Å²) in [4.78, 5) is 17.4. The van der Waals surface area contributed by atoms with Gasteiger partial charge in [-0.2, -0.15) is 0 Å². The average molecular weight is 413 g/mol. The Labute approximate surface area is 180 Å². The number of carbonyl (C=O) groups is 1. The number of carbonyl (C=O) groups excluding carboxylic acids is 1. The summed E-state index contributed by atoms with van der Waals surface area (Å²) in [7, 11) is 0. The topological polar surface area (TPSA) is 42.0 Å². The van der Waals surface area contributed by atoms with Gasteiger partial charge in [0.15, 0.2) is 6.61 Å². The molecular weight excluding hydrogens is 376 g/mol. The van der Waals surface area contributed by atoms with Gasteiger partial charge in [0.2, 0.25) is 0 Å². The van der Waals surface area contributed by atoms with E-state index < -0.39 is 0 Å². The molecule has 0 radical (unpaired) electrons. The van der Waals surface area contributed by atoms with E-state index >= 15 is 0 Å². The Morgan fingerprint density at radius 2 is 1.73 bits per heavy atom. The molecule has 1 spiro atoms. The molecule has 2 aliphatic carbocycles. The van der Waals surface area contributed by atoms with Gasteiger partial charge in [0.1, 0.15) is 5.75 Å². The zero-order valence-electron chi connectivity index (χ0n) is 18.1. The molecule has 1 unspecified atom stereocenters. The summed E-state index contributed by atoms with van der Waals surface area (Å²) < 4.78 is 12.1. The number of hydrogen-bond donors (Lipinski definition) is 0. The van der Waals surface area contributed by atoms with Crippen molar-refractivity contribution in [2.75, 3.05) is 32.8 Å². The van der Waals surface area contributed by atoms with Crippen LogP contribution in [0, 0.1) is 5.92 Å². The normalized spacial score (nSPS) is 27.1. The second-order valence-electron chi connectivity index (χ2n) is 9.80. The van der Waals surface area contributed by atoms with Crippen molar-refractivity contribution in [2.24, 2.45) is 5.92 Å². The number of amides is 1. The van der Waals surface area contributed by atoms with Crippen molar-refractivity contribution in [2.45, 2.75) is 75.5 Å². The molecular formula is C25H36N2O3. The van der Waals surface area contributed by atoms with E-state index in [0.717, 1.165) is 50.8 Å². The highest BCUT2D eigenvalue weighted by Gasteiger charge is 2.56. The smallest absolute Gasteiger partial charge is 0.260 e. The summed E-state index contributed by atoms with van der Waals surface area (Å²) in [6.07, 6.45) is 12.0. The summed E-state index contributed by atoms with van der Waals surface area (Å²) in [5.41, 5.74) is 0.292. The van der Waals surface area contributed by atoms with Crippen molar-refractivity contribution in [3.05, 3.63) is 30.3 Å². The summed E-state index contributed by atoms with van der Waals surface area (Å²) in [6, 6.07) is 10.2. The first-order valence-corrected chi connectivity index (χ1v) is 12.1. The Morgan fingerprint density at radius 1 is 1.00 bits per heavy atom. The molecule has 5 nitrogen and oxygen atoms in total. The van der Waals surface area contributed by atoms with Crippen molar-refractivity contribution in [1.29, 1.82) is 0 Å². The lowest BCUT2D eigenvalue weighted by Gasteiger charge is -2.63. The Bertz CT molecular complexity index is 706. The fourth-order valence-corrected chi connectivity index (χ4v) is 5.81. The van der Waals surface area contributed by atoms with Gasteiger partial charge < -0.3 is 14.4 Å². The molecule has 1 amide bonds. The zero-order chi connectivity index (χ0) is 20.4. The van der Waals surface area contributed by atoms with Crippen LogP contribution in [0.15, 0.2) is 30.3 Å². The van der Waals surface area contributed by atoms with Gasteiger partial charge in [-0.15, -0.1) is 0 Å². The predicted molar refractivity (Wildman–Crippen MR) is 117 cm³/mol. The van der Waals surface area contributed by atoms with Crippen LogP contribution in [-0.2, 0) is 9.53 Å². The van der Waals surface area contributed by atoms with Gasteiger partial charge in [0.05, 0.1) is 6.10 Å². The van der Waals surface area contributed by atoms with Crippen molar-refractivity contribution in [3.63, 3.8) is 0 Å². The average Bonchev–Trinajstić information content (AvgIpc) is 3.63. The van der Waals surface area contributed by atoms with Crippen LogP contribution in [0.4, 0.5) is 0 Å². The van der Waals surface area contributed by atoms with Crippen molar-refractivity contribution in [1.82, 2.24) is 9.80 Å². The lowest BCUT2D eigenvalue weighted by Crippen LogP contribution is -2.75. The maximum absolute atomic E-state index is 12.6. The van der Waals surface area contributed by atoms with E-state index in [1.165, 1.54) is 44.9 Å². The first-order valence-electron chi connectivity index (χ1n) is 12.1. The quantitative estimate of drug-likeness (QED) is 0.682. The minimum atomic E-state index is 0.110. The number of rotatable bonds is 7. The third-order valence-corrected chi connectivity index (χ3v) is 7.85. The Balaban J connectivity index is 1.12. The molecule has 2 aliphatic heterocycles. The van der Waals surface area contributed by atoms with Crippen LogP contribution < -0.4 is 4.74 Å². The zero-order valence-corrected chi connectivity index (χ0v) is 18.1. The van der Waals surface area contributed by atoms with Crippen LogP contribution >= 0.6 is 0 Å². The molecule has 1 aromatic rings.